The molecule has 6 rings (SSSR count). The normalized spacial score (nSPS) is 45.4. The summed E-state index contributed by atoms with van der Waals surface area (Å²) >= 11 is 0. The minimum atomic E-state index is 0.161. The van der Waals surface area contributed by atoms with Crippen molar-refractivity contribution in [3.8, 4) is 0 Å². The Labute approximate surface area is 246 Å². The van der Waals surface area contributed by atoms with Crippen LogP contribution in [0.3, 0.4) is 0 Å². The standard InChI is InChI=1S/C38H58O2/c1-33(2)20-21-35(5)22-23-37(7)28(29(35)24-33)14-15-31-36(6)18-17-32(34(3,4)30(36)16-19-38(31,37)8)40-26-39-25-27-12-10-9-11-13-27/h9-14,29-32H,15-26H2,1-8H3/t29-,30?,31-,32+,35-,36+,37-,38-/m1/s1. The molecule has 0 aliphatic heterocycles. The Bertz CT molecular complexity index is 1120. The first-order valence-corrected chi connectivity index (χ1v) is 16.7. The van der Waals surface area contributed by atoms with Gasteiger partial charge in [-0.2, -0.15) is 0 Å². The summed E-state index contributed by atoms with van der Waals surface area (Å²) in [6.45, 7) is 21.9. The monoisotopic (exact) mass is 546 g/mol. The zero-order chi connectivity index (χ0) is 28.6. The first-order valence-electron chi connectivity index (χ1n) is 16.7. The molecule has 222 valence electrons. The molecule has 0 saturated heterocycles. The maximum atomic E-state index is 6.54. The first-order chi connectivity index (χ1) is 18.8. The molecular formula is C38H58O2. The molecule has 2 heteroatoms. The Kier molecular flexibility index (Phi) is 7.03. The molecule has 1 aromatic rings. The van der Waals surface area contributed by atoms with E-state index in [1.165, 1.54) is 63.4 Å². The molecule has 0 N–H and O–H groups in total. The molecule has 0 spiro atoms. The van der Waals surface area contributed by atoms with Crippen molar-refractivity contribution in [1.29, 1.82) is 0 Å². The Morgan fingerprint density at radius 3 is 2.25 bits per heavy atom. The minimum Gasteiger partial charge on any atom is -0.352 e. The lowest BCUT2D eigenvalue weighted by atomic mass is 9.33. The van der Waals surface area contributed by atoms with Gasteiger partial charge in [-0.15, -0.1) is 0 Å². The van der Waals surface area contributed by atoms with E-state index in [-0.39, 0.29) is 11.5 Å². The fraction of sp³-hybridized carbons (Fsp3) is 0.789. The van der Waals surface area contributed by atoms with Crippen LogP contribution in [0.4, 0.5) is 0 Å². The molecule has 1 aromatic carbocycles. The summed E-state index contributed by atoms with van der Waals surface area (Å²) in [6.07, 6.45) is 16.6. The summed E-state index contributed by atoms with van der Waals surface area (Å²) < 4.78 is 12.5. The second-order valence-electron chi connectivity index (χ2n) is 17.3. The SMILES string of the molecule is CC1(C)CC[C@]2(C)CC[C@]3(C)C(=CC[C@@H]4[C@@]5(C)CC[C@H](OCOCc6ccccc6)C(C)(C)C5CC[C@]43C)[C@H]2C1. The zero-order valence-electron chi connectivity index (χ0n) is 27.1. The number of benzene rings is 1. The highest BCUT2D eigenvalue weighted by atomic mass is 16.7. The number of fused-ring (bicyclic) bond motifs is 7. The lowest BCUT2D eigenvalue weighted by Gasteiger charge is -2.71. The summed E-state index contributed by atoms with van der Waals surface area (Å²) in [5, 5.41) is 0. The summed E-state index contributed by atoms with van der Waals surface area (Å²) in [6, 6.07) is 10.5. The van der Waals surface area contributed by atoms with Gasteiger partial charge in [-0.05, 0) is 120 Å². The van der Waals surface area contributed by atoms with Gasteiger partial charge in [-0.25, -0.2) is 0 Å². The third kappa shape index (κ3) is 4.32. The lowest BCUT2D eigenvalue weighted by molar-refractivity contribution is -0.226. The van der Waals surface area contributed by atoms with Gasteiger partial charge in [0.05, 0.1) is 12.7 Å². The van der Waals surface area contributed by atoms with Gasteiger partial charge in [-0.3, -0.25) is 0 Å². The van der Waals surface area contributed by atoms with E-state index in [9.17, 15) is 0 Å². The Balaban J connectivity index is 1.21. The summed E-state index contributed by atoms with van der Waals surface area (Å²) in [5.41, 5.74) is 5.39. The molecule has 0 radical (unpaired) electrons. The predicted octanol–water partition coefficient (Wildman–Crippen LogP) is 10.4. The van der Waals surface area contributed by atoms with Gasteiger partial charge in [0.25, 0.3) is 0 Å². The van der Waals surface area contributed by atoms with Crippen LogP contribution >= 0.6 is 0 Å². The largest absolute Gasteiger partial charge is 0.352 e. The molecule has 4 fully saturated rings. The smallest absolute Gasteiger partial charge is 0.147 e. The summed E-state index contributed by atoms with van der Waals surface area (Å²) in [7, 11) is 0. The fourth-order valence-corrected chi connectivity index (χ4v) is 11.7. The second-order valence-corrected chi connectivity index (χ2v) is 17.3. The Morgan fingerprint density at radius 1 is 0.775 bits per heavy atom. The molecule has 5 aliphatic carbocycles. The number of hydrogen-bond acceptors (Lipinski definition) is 2. The van der Waals surface area contributed by atoms with Crippen molar-refractivity contribution in [2.75, 3.05) is 6.79 Å². The van der Waals surface area contributed by atoms with Crippen LogP contribution < -0.4 is 0 Å². The van der Waals surface area contributed by atoms with Gasteiger partial charge in [0.15, 0.2) is 0 Å². The molecule has 40 heavy (non-hydrogen) atoms. The second kappa shape index (κ2) is 9.70. The van der Waals surface area contributed by atoms with Crippen molar-refractivity contribution in [3.05, 3.63) is 47.5 Å². The molecule has 1 unspecified atom stereocenters. The molecule has 0 bridgehead atoms. The van der Waals surface area contributed by atoms with Crippen LogP contribution in [0.25, 0.3) is 0 Å². The molecule has 0 heterocycles. The van der Waals surface area contributed by atoms with Crippen molar-refractivity contribution in [2.45, 2.75) is 132 Å². The van der Waals surface area contributed by atoms with E-state index >= 15 is 0 Å². The molecule has 4 saturated carbocycles. The average molecular weight is 547 g/mol. The Hall–Kier alpha value is -1.12. The number of hydrogen-bond donors (Lipinski definition) is 0. The van der Waals surface area contributed by atoms with Gasteiger partial charge in [0.2, 0.25) is 0 Å². The molecule has 5 aliphatic rings. The van der Waals surface area contributed by atoms with Crippen molar-refractivity contribution in [3.63, 3.8) is 0 Å². The van der Waals surface area contributed by atoms with E-state index < -0.39 is 0 Å². The zero-order valence-corrected chi connectivity index (χ0v) is 27.1. The van der Waals surface area contributed by atoms with E-state index in [0.29, 0.717) is 46.4 Å². The van der Waals surface area contributed by atoms with Crippen molar-refractivity contribution < 1.29 is 9.47 Å². The van der Waals surface area contributed by atoms with Gasteiger partial charge < -0.3 is 9.47 Å². The van der Waals surface area contributed by atoms with Crippen molar-refractivity contribution >= 4 is 0 Å². The third-order valence-electron chi connectivity index (χ3n) is 14.5. The molecule has 0 aromatic heterocycles. The van der Waals surface area contributed by atoms with Crippen molar-refractivity contribution in [2.24, 2.45) is 50.2 Å². The predicted molar refractivity (Wildman–Crippen MR) is 166 cm³/mol. The van der Waals surface area contributed by atoms with E-state index in [4.69, 9.17) is 9.47 Å². The first kappa shape index (κ1) is 29.0. The fourth-order valence-electron chi connectivity index (χ4n) is 11.7. The highest BCUT2D eigenvalue weighted by Crippen LogP contribution is 2.75. The van der Waals surface area contributed by atoms with Crippen molar-refractivity contribution in [1.82, 2.24) is 0 Å². The van der Waals surface area contributed by atoms with Gasteiger partial charge in [0, 0.05) is 0 Å². The average Bonchev–Trinajstić information content (AvgIpc) is 2.89. The molecule has 2 nitrogen and oxygen atoms in total. The van der Waals surface area contributed by atoms with E-state index in [1.807, 2.05) is 5.57 Å². The van der Waals surface area contributed by atoms with E-state index in [0.717, 1.165) is 18.3 Å². The molecule has 0 amide bonds. The maximum Gasteiger partial charge on any atom is 0.147 e. The molecular weight excluding hydrogens is 488 g/mol. The minimum absolute atomic E-state index is 0.161. The van der Waals surface area contributed by atoms with Gasteiger partial charge in [-0.1, -0.05) is 97.4 Å². The summed E-state index contributed by atoms with van der Waals surface area (Å²) in [4.78, 5) is 0. The van der Waals surface area contributed by atoms with E-state index in [2.05, 4.69) is 91.8 Å². The topological polar surface area (TPSA) is 18.5 Å². The van der Waals surface area contributed by atoms with Crippen LogP contribution in [0, 0.1) is 50.2 Å². The lowest BCUT2D eigenvalue weighted by Crippen LogP contribution is -2.64. The van der Waals surface area contributed by atoms with Gasteiger partial charge in [0.1, 0.15) is 6.79 Å². The van der Waals surface area contributed by atoms with Crippen LogP contribution in [-0.4, -0.2) is 12.9 Å². The number of rotatable bonds is 5. The van der Waals surface area contributed by atoms with Gasteiger partial charge >= 0.3 is 0 Å². The number of allylic oxidation sites excluding steroid dienone is 2. The highest BCUT2D eigenvalue weighted by Gasteiger charge is 2.68. The third-order valence-corrected chi connectivity index (χ3v) is 14.5. The van der Waals surface area contributed by atoms with Crippen LogP contribution in [0.2, 0.25) is 0 Å². The summed E-state index contributed by atoms with van der Waals surface area (Å²) in [5.74, 6) is 2.25. The maximum absolute atomic E-state index is 6.54. The highest BCUT2D eigenvalue weighted by molar-refractivity contribution is 5.33. The van der Waals surface area contributed by atoms with E-state index in [1.54, 1.807) is 0 Å². The van der Waals surface area contributed by atoms with Crippen LogP contribution in [-0.2, 0) is 16.1 Å². The Morgan fingerprint density at radius 2 is 1.50 bits per heavy atom. The number of ether oxygens (including phenoxy) is 2. The quantitative estimate of drug-likeness (QED) is 0.208. The molecule has 8 atom stereocenters. The van der Waals surface area contributed by atoms with Crippen LogP contribution in [0.15, 0.2) is 42.0 Å². The van der Waals surface area contributed by atoms with Crippen LogP contribution in [0.5, 0.6) is 0 Å². The van der Waals surface area contributed by atoms with Crippen LogP contribution in [0.1, 0.15) is 125 Å².